The van der Waals surface area contributed by atoms with Gasteiger partial charge in [-0.2, -0.15) is 0 Å². The number of nitrogens with zero attached hydrogens (tertiary/aromatic N) is 2. The number of benzene rings is 2. The predicted octanol–water partition coefficient (Wildman–Crippen LogP) is 4.24. The van der Waals surface area contributed by atoms with E-state index in [0.717, 1.165) is 12.3 Å². The van der Waals surface area contributed by atoms with Crippen LogP contribution >= 0.6 is 0 Å². The van der Waals surface area contributed by atoms with E-state index in [-0.39, 0.29) is 0 Å². The Labute approximate surface area is 147 Å². The lowest BCUT2D eigenvalue weighted by Gasteiger charge is -2.40. The highest BCUT2D eigenvalue weighted by molar-refractivity contribution is 5.24. The average Bonchev–Trinajstić information content (AvgIpc) is 2.62. The van der Waals surface area contributed by atoms with Crippen LogP contribution in [0, 0.1) is 5.92 Å². The second kappa shape index (κ2) is 8.46. The molecule has 2 nitrogen and oxygen atoms in total. The Hall–Kier alpha value is -1.64. The standard InChI is InChI=1S/C22H30N2/c1-19(2)18-23-13-15-24(16-14-23)22(21-11-7-4-8-12-21)17-20-9-5-3-6-10-20/h3-12,19,22H,13-18H2,1-2H3. The van der Waals surface area contributed by atoms with Crippen LogP contribution in [0.4, 0.5) is 0 Å². The zero-order valence-corrected chi connectivity index (χ0v) is 15.1. The Morgan fingerprint density at radius 2 is 1.38 bits per heavy atom. The molecule has 128 valence electrons. The van der Waals surface area contributed by atoms with Crippen molar-refractivity contribution in [3.8, 4) is 0 Å². The van der Waals surface area contributed by atoms with Gasteiger partial charge in [-0.05, 0) is 23.5 Å². The zero-order valence-electron chi connectivity index (χ0n) is 15.1. The fraction of sp³-hybridized carbons (Fsp3) is 0.455. The molecule has 0 spiro atoms. The van der Waals surface area contributed by atoms with Crippen LogP contribution in [0.15, 0.2) is 60.7 Å². The monoisotopic (exact) mass is 322 g/mol. The second-order valence-electron chi connectivity index (χ2n) is 7.35. The summed E-state index contributed by atoms with van der Waals surface area (Å²) in [6.45, 7) is 10.6. The average molecular weight is 322 g/mol. The van der Waals surface area contributed by atoms with Crippen molar-refractivity contribution in [2.24, 2.45) is 5.92 Å². The molecule has 1 unspecified atom stereocenters. The smallest absolute Gasteiger partial charge is 0.0389 e. The fourth-order valence-corrected chi connectivity index (χ4v) is 3.74. The molecule has 2 aromatic rings. The van der Waals surface area contributed by atoms with Crippen LogP contribution in [-0.2, 0) is 6.42 Å². The van der Waals surface area contributed by atoms with Gasteiger partial charge in [0.25, 0.3) is 0 Å². The summed E-state index contributed by atoms with van der Waals surface area (Å²) in [7, 11) is 0. The summed E-state index contributed by atoms with van der Waals surface area (Å²) < 4.78 is 0. The normalized spacial score (nSPS) is 18.0. The highest BCUT2D eigenvalue weighted by atomic mass is 15.3. The van der Waals surface area contributed by atoms with Crippen molar-refractivity contribution >= 4 is 0 Å². The van der Waals surface area contributed by atoms with Crippen LogP contribution in [-0.4, -0.2) is 42.5 Å². The summed E-state index contributed by atoms with van der Waals surface area (Å²) in [6.07, 6.45) is 1.09. The second-order valence-corrected chi connectivity index (χ2v) is 7.35. The van der Waals surface area contributed by atoms with Gasteiger partial charge in [0.1, 0.15) is 0 Å². The third-order valence-electron chi connectivity index (χ3n) is 4.93. The fourth-order valence-electron chi connectivity index (χ4n) is 3.74. The van der Waals surface area contributed by atoms with Crippen molar-refractivity contribution < 1.29 is 0 Å². The van der Waals surface area contributed by atoms with E-state index in [4.69, 9.17) is 0 Å². The number of rotatable bonds is 6. The molecule has 0 bridgehead atoms. The van der Waals surface area contributed by atoms with Crippen LogP contribution in [0.2, 0.25) is 0 Å². The third kappa shape index (κ3) is 4.68. The van der Waals surface area contributed by atoms with E-state index in [1.54, 1.807) is 0 Å². The lowest BCUT2D eigenvalue weighted by atomic mass is 9.96. The summed E-state index contributed by atoms with van der Waals surface area (Å²) in [6, 6.07) is 22.4. The molecule has 2 aromatic carbocycles. The highest BCUT2D eigenvalue weighted by Crippen LogP contribution is 2.26. The molecule has 1 aliphatic heterocycles. The largest absolute Gasteiger partial charge is 0.301 e. The minimum Gasteiger partial charge on any atom is -0.301 e. The van der Waals surface area contributed by atoms with Gasteiger partial charge >= 0.3 is 0 Å². The molecule has 1 aliphatic rings. The number of hydrogen-bond donors (Lipinski definition) is 0. The lowest BCUT2D eigenvalue weighted by molar-refractivity contribution is 0.0884. The van der Waals surface area contributed by atoms with Crippen LogP contribution in [0.25, 0.3) is 0 Å². The summed E-state index contributed by atoms with van der Waals surface area (Å²) in [5.74, 6) is 0.755. The zero-order chi connectivity index (χ0) is 16.8. The summed E-state index contributed by atoms with van der Waals surface area (Å²) in [5, 5.41) is 0. The molecule has 1 atom stereocenters. The first-order chi connectivity index (χ1) is 11.7. The van der Waals surface area contributed by atoms with Gasteiger partial charge in [-0.3, -0.25) is 4.90 Å². The molecule has 1 heterocycles. The van der Waals surface area contributed by atoms with Gasteiger partial charge < -0.3 is 4.90 Å². The molecule has 3 rings (SSSR count). The van der Waals surface area contributed by atoms with E-state index in [0.29, 0.717) is 6.04 Å². The van der Waals surface area contributed by atoms with Gasteiger partial charge in [0.05, 0.1) is 0 Å². The Morgan fingerprint density at radius 3 is 1.96 bits per heavy atom. The minimum absolute atomic E-state index is 0.481. The maximum atomic E-state index is 2.68. The molecular formula is C22H30N2. The quantitative estimate of drug-likeness (QED) is 0.785. The first-order valence-electron chi connectivity index (χ1n) is 9.27. The van der Waals surface area contributed by atoms with Gasteiger partial charge in [-0.25, -0.2) is 0 Å². The molecule has 0 N–H and O–H groups in total. The number of hydrogen-bond acceptors (Lipinski definition) is 2. The Balaban J connectivity index is 1.71. The van der Waals surface area contributed by atoms with Gasteiger partial charge in [0.15, 0.2) is 0 Å². The third-order valence-corrected chi connectivity index (χ3v) is 4.93. The van der Waals surface area contributed by atoms with Gasteiger partial charge in [-0.1, -0.05) is 74.5 Å². The van der Waals surface area contributed by atoms with Crippen LogP contribution in [0.1, 0.15) is 31.0 Å². The Morgan fingerprint density at radius 1 is 0.792 bits per heavy atom. The van der Waals surface area contributed by atoms with Crippen molar-refractivity contribution in [2.75, 3.05) is 32.7 Å². The molecule has 1 fully saturated rings. The summed E-state index contributed by atoms with van der Waals surface area (Å²) >= 11 is 0. The molecule has 0 aromatic heterocycles. The van der Waals surface area contributed by atoms with Crippen molar-refractivity contribution in [2.45, 2.75) is 26.3 Å². The van der Waals surface area contributed by atoms with Crippen LogP contribution in [0.3, 0.4) is 0 Å². The van der Waals surface area contributed by atoms with Crippen molar-refractivity contribution in [1.29, 1.82) is 0 Å². The van der Waals surface area contributed by atoms with Crippen molar-refractivity contribution in [3.05, 3.63) is 71.8 Å². The Bertz CT molecular complexity index is 586. The molecule has 1 saturated heterocycles. The van der Waals surface area contributed by atoms with Crippen LogP contribution < -0.4 is 0 Å². The lowest BCUT2D eigenvalue weighted by Crippen LogP contribution is -2.48. The minimum atomic E-state index is 0.481. The maximum Gasteiger partial charge on any atom is 0.0389 e. The maximum absolute atomic E-state index is 2.68. The first-order valence-corrected chi connectivity index (χ1v) is 9.27. The van der Waals surface area contributed by atoms with E-state index in [9.17, 15) is 0 Å². The molecule has 24 heavy (non-hydrogen) atoms. The molecule has 0 saturated carbocycles. The first kappa shape index (κ1) is 17.2. The number of piperazine rings is 1. The van der Waals surface area contributed by atoms with Crippen LogP contribution in [0.5, 0.6) is 0 Å². The SMILES string of the molecule is CC(C)CN1CCN(C(Cc2ccccc2)c2ccccc2)CC1. The topological polar surface area (TPSA) is 6.48 Å². The van der Waals surface area contributed by atoms with Gasteiger partial charge in [-0.15, -0.1) is 0 Å². The van der Waals surface area contributed by atoms with E-state index in [1.807, 2.05) is 0 Å². The van der Waals surface area contributed by atoms with Crippen molar-refractivity contribution in [1.82, 2.24) is 9.80 Å². The molecular weight excluding hydrogens is 292 g/mol. The van der Waals surface area contributed by atoms with E-state index in [2.05, 4.69) is 84.3 Å². The van der Waals surface area contributed by atoms with Crippen molar-refractivity contribution in [3.63, 3.8) is 0 Å². The predicted molar refractivity (Wildman–Crippen MR) is 102 cm³/mol. The molecule has 2 heteroatoms. The van der Waals surface area contributed by atoms with E-state index in [1.165, 1.54) is 43.9 Å². The highest BCUT2D eigenvalue weighted by Gasteiger charge is 2.25. The van der Waals surface area contributed by atoms with E-state index < -0.39 is 0 Å². The summed E-state index contributed by atoms with van der Waals surface area (Å²) in [5.41, 5.74) is 2.87. The van der Waals surface area contributed by atoms with E-state index >= 15 is 0 Å². The Kier molecular flexibility index (Phi) is 6.06. The summed E-state index contributed by atoms with van der Waals surface area (Å²) in [4.78, 5) is 5.30. The molecule has 0 amide bonds. The van der Waals surface area contributed by atoms with Gasteiger partial charge in [0, 0.05) is 38.8 Å². The molecule has 0 aliphatic carbocycles. The molecule has 0 radical (unpaired) electrons. The van der Waals surface area contributed by atoms with Gasteiger partial charge in [0.2, 0.25) is 0 Å².